The third-order valence-electron chi connectivity index (χ3n) is 5.18. The van der Waals surface area contributed by atoms with Gasteiger partial charge < -0.3 is 9.42 Å². The zero-order chi connectivity index (χ0) is 20.2. The highest BCUT2D eigenvalue weighted by Crippen LogP contribution is 2.29. The van der Waals surface area contributed by atoms with E-state index in [1.165, 1.54) is 11.1 Å². The average molecular weight is 406 g/mol. The van der Waals surface area contributed by atoms with E-state index < -0.39 is 0 Å². The highest BCUT2D eigenvalue weighted by atomic mass is 32.2. The van der Waals surface area contributed by atoms with Crippen LogP contribution in [0.1, 0.15) is 39.4 Å². The van der Waals surface area contributed by atoms with E-state index in [9.17, 15) is 4.79 Å². The van der Waals surface area contributed by atoms with Crippen LogP contribution in [0.4, 0.5) is 0 Å². The predicted octanol–water partition coefficient (Wildman–Crippen LogP) is 4.91. The molecule has 0 aliphatic carbocycles. The van der Waals surface area contributed by atoms with Crippen LogP contribution in [-0.4, -0.2) is 34.0 Å². The molecule has 0 fully saturated rings. The Labute approximate surface area is 174 Å². The van der Waals surface area contributed by atoms with Gasteiger partial charge in [-0.05, 0) is 43.5 Å². The van der Waals surface area contributed by atoms with Crippen molar-refractivity contribution in [2.75, 3.05) is 13.1 Å². The van der Waals surface area contributed by atoms with E-state index in [2.05, 4.69) is 28.3 Å². The maximum Gasteiger partial charge on any atom is 0.256 e. The van der Waals surface area contributed by atoms with Crippen LogP contribution in [0, 0.1) is 13.8 Å². The number of hydrogen-bond donors (Lipinski definition) is 0. The summed E-state index contributed by atoms with van der Waals surface area (Å²) in [4.78, 5) is 19.5. The highest BCUT2D eigenvalue weighted by molar-refractivity contribution is 7.98. The van der Waals surface area contributed by atoms with Gasteiger partial charge in [0.25, 0.3) is 5.91 Å². The van der Waals surface area contributed by atoms with Crippen molar-refractivity contribution in [1.82, 2.24) is 15.0 Å². The van der Waals surface area contributed by atoms with Gasteiger partial charge in [0.15, 0.2) is 0 Å². The van der Waals surface area contributed by atoms with E-state index in [0.717, 1.165) is 28.5 Å². The number of carbonyl (C=O) groups excluding carboxylic acids is 1. The molecular weight excluding hydrogens is 382 g/mol. The van der Waals surface area contributed by atoms with Crippen molar-refractivity contribution in [3.63, 3.8) is 0 Å². The molecule has 0 radical (unpaired) electrons. The molecule has 4 rings (SSSR count). The quantitative estimate of drug-likeness (QED) is 0.565. The van der Waals surface area contributed by atoms with Crippen LogP contribution in [0.2, 0.25) is 0 Å². The van der Waals surface area contributed by atoms with Crippen molar-refractivity contribution in [3.8, 4) is 0 Å². The lowest BCUT2D eigenvalue weighted by molar-refractivity contribution is 0.0768. The monoisotopic (exact) mass is 405 g/mol. The lowest BCUT2D eigenvalue weighted by atomic mass is 9.99. The summed E-state index contributed by atoms with van der Waals surface area (Å²) in [5.74, 6) is 1.52. The molecule has 3 aromatic rings. The zero-order valence-electron chi connectivity index (χ0n) is 16.6. The summed E-state index contributed by atoms with van der Waals surface area (Å²) < 4.78 is 5.24. The van der Waals surface area contributed by atoms with Gasteiger partial charge >= 0.3 is 0 Å². The zero-order valence-corrected chi connectivity index (χ0v) is 17.4. The molecule has 6 heteroatoms. The van der Waals surface area contributed by atoms with Crippen LogP contribution >= 0.6 is 11.8 Å². The highest BCUT2D eigenvalue weighted by Gasteiger charge is 2.22. The van der Waals surface area contributed by atoms with Gasteiger partial charge in [-0.15, -0.1) is 11.8 Å². The molecule has 3 heterocycles. The molecule has 0 saturated carbocycles. The first-order valence-corrected chi connectivity index (χ1v) is 10.7. The fourth-order valence-corrected chi connectivity index (χ4v) is 4.59. The Balaban J connectivity index is 1.48. The molecule has 1 amide bonds. The van der Waals surface area contributed by atoms with Gasteiger partial charge in [0.05, 0.1) is 11.3 Å². The maximum atomic E-state index is 13.2. The minimum absolute atomic E-state index is 0.0303. The second-order valence-electron chi connectivity index (χ2n) is 7.04. The fraction of sp³-hybridized carbons (Fsp3) is 0.261. The number of nitrogens with zero attached hydrogens (tertiary/aromatic N) is 3. The molecule has 0 unspecified atom stereocenters. The van der Waals surface area contributed by atoms with Crippen LogP contribution in [0.5, 0.6) is 0 Å². The minimum atomic E-state index is 0.0303. The summed E-state index contributed by atoms with van der Waals surface area (Å²) in [5, 5.41) is 4.75. The molecular formula is C23H23N3O2S. The molecule has 0 spiro atoms. The number of amides is 1. The normalized spacial score (nSPS) is 14.0. The third kappa shape index (κ3) is 4.27. The van der Waals surface area contributed by atoms with Gasteiger partial charge in [-0.3, -0.25) is 4.79 Å². The summed E-state index contributed by atoms with van der Waals surface area (Å²) in [5.41, 5.74) is 5.13. The largest absolute Gasteiger partial charge is 0.361 e. The summed E-state index contributed by atoms with van der Waals surface area (Å²) in [7, 11) is 0. The first-order chi connectivity index (χ1) is 14.1. The van der Waals surface area contributed by atoms with E-state index in [0.29, 0.717) is 24.4 Å². The number of carbonyl (C=O) groups is 1. The fourth-order valence-electron chi connectivity index (χ4n) is 3.46. The molecule has 1 aromatic carbocycles. The van der Waals surface area contributed by atoms with Crippen LogP contribution in [0.15, 0.2) is 64.3 Å². The summed E-state index contributed by atoms with van der Waals surface area (Å²) in [6.07, 6.45) is 4.75. The summed E-state index contributed by atoms with van der Waals surface area (Å²) in [6.45, 7) is 5.17. The molecule has 29 heavy (non-hydrogen) atoms. The van der Waals surface area contributed by atoms with Gasteiger partial charge in [-0.2, -0.15) is 0 Å². The SMILES string of the molecule is Cc1noc(C)c1CSc1ncccc1C(=O)N1CC=C(c2ccccc2)CC1. The smallest absolute Gasteiger partial charge is 0.256 e. The van der Waals surface area contributed by atoms with Crippen LogP contribution in [0.3, 0.4) is 0 Å². The number of benzene rings is 1. The number of pyridine rings is 1. The summed E-state index contributed by atoms with van der Waals surface area (Å²) >= 11 is 1.55. The van der Waals surface area contributed by atoms with Crippen LogP contribution in [0.25, 0.3) is 5.57 Å². The number of thioether (sulfide) groups is 1. The van der Waals surface area contributed by atoms with E-state index in [-0.39, 0.29) is 5.91 Å². The second-order valence-corrected chi connectivity index (χ2v) is 8.01. The molecule has 5 nitrogen and oxygen atoms in total. The molecule has 0 N–H and O–H groups in total. The van der Waals surface area contributed by atoms with Gasteiger partial charge in [-0.1, -0.05) is 41.6 Å². The second kappa shape index (κ2) is 8.66. The molecule has 2 aromatic heterocycles. The van der Waals surface area contributed by atoms with E-state index >= 15 is 0 Å². The van der Waals surface area contributed by atoms with E-state index in [1.807, 2.05) is 49.1 Å². The molecule has 1 aliphatic rings. The number of hydrogen-bond acceptors (Lipinski definition) is 5. The number of aryl methyl sites for hydroxylation is 2. The average Bonchev–Trinajstić information content (AvgIpc) is 3.10. The Morgan fingerprint density at radius 2 is 2.00 bits per heavy atom. The number of aromatic nitrogens is 2. The van der Waals surface area contributed by atoms with Gasteiger partial charge in [0.1, 0.15) is 10.8 Å². The molecule has 0 atom stereocenters. The third-order valence-corrected chi connectivity index (χ3v) is 6.21. The van der Waals surface area contributed by atoms with Crippen LogP contribution < -0.4 is 0 Å². The van der Waals surface area contributed by atoms with Gasteiger partial charge in [0.2, 0.25) is 0 Å². The minimum Gasteiger partial charge on any atom is -0.361 e. The Morgan fingerprint density at radius 1 is 1.17 bits per heavy atom. The van der Waals surface area contributed by atoms with Crippen molar-refractivity contribution in [2.24, 2.45) is 0 Å². The van der Waals surface area contributed by atoms with E-state index in [1.54, 1.807) is 18.0 Å². The van der Waals surface area contributed by atoms with Crippen molar-refractivity contribution in [3.05, 3.63) is 82.9 Å². The Bertz CT molecular complexity index is 1020. The van der Waals surface area contributed by atoms with Crippen molar-refractivity contribution < 1.29 is 9.32 Å². The Morgan fingerprint density at radius 3 is 2.69 bits per heavy atom. The standard InChI is InChI=1S/C23H23N3O2S/c1-16-21(17(2)28-25-16)15-29-22-20(9-6-12-24-22)23(27)26-13-10-19(11-14-26)18-7-4-3-5-8-18/h3-10,12H,11,13-15H2,1-2H3. The van der Waals surface area contributed by atoms with E-state index in [4.69, 9.17) is 4.52 Å². The Kier molecular flexibility index (Phi) is 5.81. The first kappa shape index (κ1) is 19.5. The number of rotatable bonds is 5. The summed E-state index contributed by atoms with van der Waals surface area (Å²) in [6, 6.07) is 14.0. The lowest BCUT2D eigenvalue weighted by Gasteiger charge is -2.27. The molecule has 1 aliphatic heterocycles. The van der Waals surface area contributed by atoms with Crippen molar-refractivity contribution in [2.45, 2.75) is 31.0 Å². The molecule has 0 bridgehead atoms. The topological polar surface area (TPSA) is 59.2 Å². The van der Waals surface area contributed by atoms with Crippen LogP contribution in [-0.2, 0) is 5.75 Å². The van der Waals surface area contributed by atoms with Crippen molar-refractivity contribution in [1.29, 1.82) is 0 Å². The van der Waals surface area contributed by atoms with Crippen molar-refractivity contribution >= 4 is 23.2 Å². The molecule has 148 valence electrons. The first-order valence-electron chi connectivity index (χ1n) is 9.67. The predicted molar refractivity (Wildman–Crippen MR) is 115 cm³/mol. The molecule has 0 saturated heterocycles. The lowest BCUT2D eigenvalue weighted by Crippen LogP contribution is -2.35. The van der Waals surface area contributed by atoms with Gasteiger partial charge in [0, 0.05) is 30.6 Å². The Hall–Kier alpha value is -2.86. The van der Waals surface area contributed by atoms with Gasteiger partial charge in [-0.25, -0.2) is 4.98 Å². The maximum absolute atomic E-state index is 13.2.